The van der Waals surface area contributed by atoms with Crippen LogP contribution in [0.1, 0.15) is 36.0 Å². The average Bonchev–Trinajstić information content (AvgIpc) is 3.21. The first-order valence-corrected chi connectivity index (χ1v) is 14.8. The van der Waals surface area contributed by atoms with Gasteiger partial charge in [-0.1, -0.05) is 18.2 Å². The van der Waals surface area contributed by atoms with Crippen LogP contribution < -0.4 is 0 Å². The smallest absolute Gasteiger partial charge is 0.223 e. The summed E-state index contributed by atoms with van der Waals surface area (Å²) in [5.41, 5.74) is -7.77. The SMILES string of the molecule is CS(=O)(=O)N=CC1CC[C@@]2(S(=O)(=O)c3ccc(F)cc3)c3ccc(C(F)(C(F)(F)F)C(F)(F)F)cc3CC[C@@H]12. The lowest BCUT2D eigenvalue weighted by Crippen LogP contribution is -2.50. The van der Waals surface area contributed by atoms with Crippen molar-refractivity contribution in [3.8, 4) is 0 Å². The molecule has 214 valence electrons. The Bertz CT molecular complexity index is 1500. The van der Waals surface area contributed by atoms with Crippen LogP contribution in [0.15, 0.2) is 51.8 Å². The van der Waals surface area contributed by atoms with Crippen LogP contribution in [-0.2, 0) is 36.7 Å². The second kappa shape index (κ2) is 9.25. The van der Waals surface area contributed by atoms with E-state index < -0.39 is 65.8 Å². The van der Waals surface area contributed by atoms with Crippen molar-refractivity contribution in [3.63, 3.8) is 0 Å². The van der Waals surface area contributed by atoms with Gasteiger partial charge in [-0.2, -0.15) is 30.7 Å². The van der Waals surface area contributed by atoms with Crippen LogP contribution in [0.5, 0.6) is 0 Å². The minimum atomic E-state index is -6.35. The fourth-order valence-corrected chi connectivity index (χ4v) is 8.65. The van der Waals surface area contributed by atoms with Gasteiger partial charge in [-0.15, -0.1) is 0 Å². The molecule has 0 spiro atoms. The van der Waals surface area contributed by atoms with E-state index in [9.17, 15) is 52.0 Å². The molecule has 0 heterocycles. The van der Waals surface area contributed by atoms with Gasteiger partial charge in [0.05, 0.1) is 11.2 Å². The van der Waals surface area contributed by atoms with Gasteiger partial charge in [0.25, 0.3) is 0 Å². The molecule has 0 aromatic heterocycles. The molecule has 0 bridgehead atoms. The largest absolute Gasteiger partial charge is 0.435 e. The quantitative estimate of drug-likeness (QED) is 0.246. The number of nitrogens with zero attached hydrogens (tertiary/aromatic N) is 1. The summed E-state index contributed by atoms with van der Waals surface area (Å²) in [4.78, 5) is -0.350. The summed E-state index contributed by atoms with van der Waals surface area (Å²) in [7, 11) is -8.35. The Hall–Kier alpha value is -2.55. The highest BCUT2D eigenvalue weighted by molar-refractivity contribution is 7.92. The Morgan fingerprint density at radius 1 is 0.897 bits per heavy atom. The van der Waals surface area contributed by atoms with Gasteiger partial charge in [0, 0.05) is 11.8 Å². The number of rotatable bonds is 5. The van der Waals surface area contributed by atoms with E-state index in [2.05, 4.69) is 4.40 Å². The Morgan fingerprint density at radius 3 is 2.03 bits per heavy atom. The number of hydrogen-bond acceptors (Lipinski definition) is 4. The second-order valence-electron chi connectivity index (χ2n) is 9.71. The minimum Gasteiger partial charge on any atom is -0.223 e. The zero-order chi connectivity index (χ0) is 29.2. The number of alkyl halides is 7. The lowest BCUT2D eigenvalue weighted by Gasteiger charge is -2.42. The highest BCUT2D eigenvalue weighted by atomic mass is 32.2. The van der Waals surface area contributed by atoms with Gasteiger partial charge in [-0.05, 0) is 72.9 Å². The van der Waals surface area contributed by atoms with E-state index in [1.807, 2.05) is 0 Å². The van der Waals surface area contributed by atoms with Gasteiger partial charge in [-0.25, -0.2) is 25.6 Å². The topological polar surface area (TPSA) is 80.6 Å². The van der Waals surface area contributed by atoms with Crippen LogP contribution in [0.2, 0.25) is 0 Å². The van der Waals surface area contributed by atoms with E-state index in [4.69, 9.17) is 0 Å². The van der Waals surface area contributed by atoms with Gasteiger partial charge < -0.3 is 0 Å². The average molecular weight is 604 g/mol. The molecular formula is C24H21F8NO4S2. The Balaban J connectivity index is 1.95. The predicted molar refractivity (Wildman–Crippen MR) is 124 cm³/mol. The number of benzene rings is 2. The lowest BCUT2D eigenvalue weighted by atomic mass is 9.72. The third kappa shape index (κ3) is 4.64. The van der Waals surface area contributed by atoms with Crippen LogP contribution in [-0.4, -0.2) is 41.7 Å². The Morgan fingerprint density at radius 2 is 1.49 bits per heavy atom. The van der Waals surface area contributed by atoms with Gasteiger partial charge in [-0.3, -0.25) is 0 Å². The third-order valence-corrected chi connectivity index (χ3v) is 10.6. The van der Waals surface area contributed by atoms with Crippen molar-refractivity contribution in [2.45, 2.75) is 53.3 Å². The van der Waals surface area contributed by atoms with E-state index in [-0.39, 0.29) is 47.8 Å². The number of fused-ring (bicyclic) bond motifs is 3. The van der Waals surface area contributed by atoms with Crippen molar-refractivity contribution < 1.29 is 52.0 Å². The molecule has 0 N–H and O–H groups in total. The van der Waals surface area contributed by atoms with Crippen LogP contribution in [0.4, 0.5) is 35.1 Å². The first-order valence-electron chi connectivity index (χ1n) is 11.5. The molecule has 0 amide bonds. The van der Waals surface area contributed by atoms with Crippen molar-refractivity contribution in [3.05, 3.63) is 65.0 Å². The molecule has 3 atom stereocenters. The summed E-state index contributed by atoms with van der Waals surface area (Å²) in [6.45, 7) is 0. The standard InChI is InChI=1S/C24H21F8NO4S2/c1-38(34,35)33-13-15-10-11-21(39(36,37)18-6-4-17(25)5-7-18)19-9-3-16(12-14(19)2-8-20(15)21)22(26,23(27,28)29)24(30,31)32/h3-7,9,12-13,15,20H,2,8,10-11H2,1H3/t15?,20-,21+/m0/s1. The highest BCUT2D eigenvalue weighted by Gasteiger charge is 2.73. The third-order valence-electron chi connectivity index (χ3n) is 7.48. The minimum absolute atomic E-state index is 0.0729. The normalized spacial score (nSPS) is 24.5. The molecule has 1 fully saturated rings. The van der Waals surface area contributed by atoms with E-state index >= 15 is 0 Å². The first kappa shape index (κ1) is 29.4. The predicted octanol–water partition coefficient (Wildman–Crippen LogP) is 5.79. The molecular weight excluding hydrogens is 582 g/mol. The van der Waals surface area contributed by atoms with Crippen LogP contribution in [0, 0.1) is 17.7 Å². The molecule has 15 heteroatoms. The van der Waals surface area contributed by atoms with Gasteiger partial charge in [0.1, 0.15) is 10.6 Å². The van der Waals surface area contributed by atoms with Crippen molar-refractivity contribution >= 4 is 26.1 Å². The summed E-state index contributed by atoms with van der Waals surface area (Å²) in [5.74, 6) is -2.36. The fourth-order valence-electron chi connectivity index (χ4n) is 5.79. The second-order valence-corrected chi connectivity index (χ2v) is 13.6. The van der Waals surface area contributed by atoms with Crippen LogP contribution in [0.3, 0.4) is 0 Å². The van der Waals surface area contributed by atoms with E-state index in [1.54, 1.807) is 0 Å². The van der Waals surface area contributed by atoms with E-state index in [0.29, 0.717) is 6.07 Å². The van der Waals surface area contributed by atoms with Crippen molar-refractivity contribution in [2.24, 2.45) is 16.2 Å². The lowest BCUT2D eigenvalue weighted by molar-refractivity contribution is -0.348. The monoisotopic (exact) mass is 603 g/mol. The summed E-state index contributed by atoms with van der Waals surface area (Å²) in [6, 6.07) is 5.17. The number of hydrogen-bond donors (Lipinski definition) is 0. The highest BCUT2D eigenvalue weighted by Crippen LogP contribution is 2.60. The molecule has 4 rings (SSSR count). The molecule has 0 radical (unpaired) electrons. The maximum atomic E-state index is 14.8. The van der Waals surface area contributed by atoms with Gasteiger partial charge in [0.2, 0.25) is 10.0 Å². The number of aryl methyl sites for hydroxylation is 1. The maximum absolute atomic E-state index is 14.8. The molecule has 0 aliphatic heterocycles. The fraction of sp³-hybridized carbons (Fsp3) is 0.458. The number of halogens is 8. The molecule has 39 heavy (non-hydrogen) atoms. The van der Waals surface area contributed by atoms with Crippen LogP contribution >= 0.6 is 0 Å². The summed E-state index contributed by atoms with van der Waals surface area (Å²) in [5, 5.41) is 0. The Labute approximate surface area is 218 Å². The first-order chi connectivity index (χ1) is 17.8. The van der Waals surface area contributed by atoms with E-state index in [1.165, 1.54) is 0 Å². The molecule has 2 aliphatic rings. The van der Waals surface area contributed by atoms with Crippen molar-refractivity contribution in [1.29, 1.82) is 0 Å². The summed E-state index contributed by atoms with van der Waals surface area (Å²) in [6.07, 6.45) is -11.2. The molecule has 2 aliphatic carbocycles. The maximum Gasteiger partial charge on any atom is 0.435 e. The van der Waals surface area contributed by atoms with Crippen LogP contribution in [0.25, 0.3) is 0 Å². The molecule has 2 aromatic rings. The number of sulfone groups is 1. The van der Waals surface area contributed by atoms with Crippen molar-refractivity contribution in [1.82, 2.24) is 0 Å². The van der Waals surface area contributed by atoms with Gasteiger partial charge >= 0.3 is 18.0 Å². The zero-order valence-electron chi connectivity index (χ0n) is 20.0. The summed E-state index contributed by atoms with van der Waals surface area (Å²) >= 11 is 0. The summed E-state index contributed by atoms with van der Waals surface area (Å²) < 4.78 is 162. The van der Waals surface area contributed by atoms with Crippen molar-refractivity contribution in [2.75, 3.05) is 6.26 Å². The molecule has 2 aromatic carbocycles. The Kier molecular flexibility index (Phi) is 6.98. The zero-order valence-corrected chi connectivity index (χ0v) is 21.7. The molecule has 1 unspecified atom stereocenters. The van der Waals surface area contributed by atoms with E-state index in [0.717, 1.165) is 42.8 Å². The van der Waals surface area contributed by atoms with Gasteiger partial charge in [0.15, 0.2) is 9.84 Å². The molecule has 0 saturated heterocycles. The molecule has 5 nitrogen and oxygen atoms in total. The number of sulfonamides is 1. The molecule has 1 saturated carbocycles.